The number of hydrogen-bond acceptors (Lipinski definition) is 1. The average Bonchev–Trinajstić information content (AvgIpc) is 3.70. The van der Waals surface area contributed by atoms with Crippen molar-refractivity contribution in [1.82, 2.24) is 0 Å². The van der Waals surface area contributed by atoms with Crippen molar-refractivity contribution in [1.29, 1.82) is 0 Å². The maximum absolute atomic E-state index is 9.03. The second-order valence-electron chi connectivity index (χ2n) is 15.3. The molecule has 0 aromatic heterocycles. The van der Waals surface area contributed by atoms with Crippen LogP contribution in [0.3, 0.4) is 0 Å². The van der Waals surface area contributed by atoms with Gasteiger partial charge >= 0.3 is 0 Å². The zero-order chi connectivity index (χ0) is 42.3. The molecule has 0 unspecified atom stereocenters. The Morgan fingerprint density at radius 1 is 0.418 bits per heavy atom. The number of nitrogens with zero attached hydrogens (tertiary/aromatic N) is 1. The Hall–Kier alpha value is -6.44. The normalized spacial score (nSPS) is 16.2. The summed E-state index contributed by atoms with van der Waals surface area (Å²) in [6, 6.07) is 63.2. The van der Waals surface area contributed by atoms with Crippen LogP contribution in [0.25, 0.3) is 33.4 Å². The van der Waals surface area contributed by atoms with Gasteiger partial charge in [-0.2, -0.15) is 0 Å². The molecule has 0 spiro atoms. The molecule has 0 aliphatic heterocycles. The van der Waals surface area contributed by atoms with Gasteiger partial charge in [0, 0.05) is 30.5 Å². The number of anilines is 3. The van der Waals surface area contributed by atoms with E-state index in [1.54, 1.807) is 6.07 Å². The first-order chi connectivity index (χ1) is 29.3. The fourth-order valence-electron chi connectivity index (χ4n) is 9.53. The molecule has 2 aliphatic carbocycles. The van der Waals surface area contributed by atoms with Crippen molar-refractivity contribution < 1.29 is 8.22 Å². The lowest BCUT2D eigenvalue weighted by atomic mass is 9.67. The molecule has 1 nitrogen and oxygen atoms in total. The number of rotatable bonds is 6. The van der Waals surface area contributed by atoms with Crippen LogP contribution in [-0.2, 0) is 10.8 Å². The van der Waals surface area contributed by atoms with Gasteiger partial charge in [-0.3, -0.25) is 0 Å². The largest absolute Gasteiger partial charge is 0.309 e. The molecule has 0 heterocycles. The summed E-state index contributed by atoms with van der Waals surface area (Å²) in [6.45, 7) is -0.342. The topological polar surface area (TPSA) is 3.24 Å². The predicted octanol–water partition coefficient (Wildman–Crippen LogP) is 14.1. The maximum Gasteiger partial charge on any atom is 0.0714 e. The minimum atomic E-state index is -2.49. The molecule has 1 heteroatoms. The smallest absolute Gasteiger partial charge is 0.0714 e. The van der Waals surface area contributed by atoms with Gasteiger partial charge in [0.15, 0.2) is 0 Å². The van der Waals surface area contributed by atoms with E-state index in [4.69, 9.17) is 8.22 Å². The molecule has 2 aliphatic rings. The van der Waals surface area contributed by atoms with Crippen LogP contribution in [0.5, 0.6) is 0 Å². The second kappa shape index (κ2) is 12.6. The first-order valence-electron chi connectivity index (χ1n) is 21.9. The zero-order valence-electron chi connectivity index (χ0n) is 36.8. The molecule has 264 valence electrons. The van der Waals surface area contributed by atoms with E-state index in [9.17, 15) is 0 Å². The van der Waals surface area contributed by atoms with E-state index in [0.717, 1.165) is 67.0 Å². The van der Waals surface area contributed by atoms with Gasteiger partial charge in [-0.05, 0) is 99.2 Å². The number of benzene rings is 8. The Morgan fingerprint density at radius 3 is 1.67 bits per heavy atom. The van der Waals surface area contributed by atoms with Crippen molar-refractivity contribution in [2.24, 2.45) is 0 Å². The summed E-state index contributed by atoms with van der Waals surface area (Å²) in [5.74, 6) is 0. The molecule has 55 heavy (non-hydrogen) atoms. The molecule has 0 amide bonds. The highest BCUT2D eigenvalue weighted by atomic mass is 15.1. The van der Waals surface area contributed by atoms with Crippen LogP contribution >= 0.6 is 0 Å². The Balaban J connectivity index is 1.37. The fraction of sp³-hybridized carbons (Fsp3) is 0.111. The third-order valence-corrected chi connectivity index (χ3v) is 11.9. The number of aryl methyl sites for hydroxylation is 2. The molecular formula is C54H43N. The zero-order valence-corrected chi connectivity index (χ0v) is 30.8. The van der Waals surface area contributed by atoms with Crippen LogP contribution in [-0.4, -0.2) is 0 Å². The molecule has 0 bridgehead atoms. The highest BCUT2D eigenvalue weighted by Crippen LogP contribution is 2.61. The fourth-order valence-corrected chi connectivity index (χ4v) is 9.53. The van der Waals surface area contributed by atoms with Crippen LogP contribution in [0.15, 0.2) is 188 Å². The van der Waals surface area contributed by atoms with Gasteiger partial charge in [-0.15, -0.1) is 0 Å². The van der Waals surface area contributed by atoms with Gasteiger partial charge in [0.1, 0.15) is 0 Å². The highest BCUT2D eigenvalue weighted by Gasteiger charge is 2.48. The van der Waals surface area contributed by atoms with Gasteiger partial charge in [-0.25, -0.2) is 0 Å². The number of hydrogen-bond donors (Lipinski definition) is 0. The Labute approximate surface area is 333 Å². The first kappa shape index (κ1) is 27.2. The SMILES string of the molecule is [2H]C([2H])([2H])c1ccc2c(c1)C(c1ccccc1)(c1ccccc1)c1cc(C([2H])([2H])[2H])cc(N(c3ccc(-c4ccccc4)cc3)c3cccc4c3-c3ccccc3C4(C)C)c1-2. The molecule has 0 radical (unpaired) electrons. The quantitative estimate of drug-likeness (QED) is 0.166. The Kier molecular flexibility index (Phi) is 6.21. The first-order valence-corrected chi connectivity index (χ1v) is 18.9. The molecule has 0 fully saturated rings. The third-order valence-electron chi connectivity index (χ3n) is 11.9. The van der Waals surface area contributed by atoms with E-state index in [2.05, 4.69) is 122 Å². The Morgan fingerprint density at radius 2 is 0.982 bits per heavy atom. The van der Waals surface area contributed by atoms with E-state index in [1.165, 1.54) is 11.1 Å². The molecule has 0 atom stereocenters. The minimum Gasteiger partial charge on any atom is -0.309 e. The van der Waals surface area contributed by atoms with Crippen LogP contribution < -0.4 is 4.90 Å². The van der Waals surface area contributed by atoms with E-state index >= 15 is 0 Å². The van der Waals surface area contributed by atoms with Crippen molar-refractivity contribution in [2.75, 3.05) is 4.90 Å². The average molecular weight is 712 g/mol. The van der Waals surface area contributed by atoms with E-state index < -0.39 is 19.1 Å². The van der Waals surface area contributed by atoms with Crippen molar-refractivity contribution >= 4 is 17.1 Å². The molecule has 0 saturated heterocycles. The molecule has 0 N–H and O–H groups in total. The third kappa shape index (κ3) is 4.93. The van der Waals surface area contributed by atoms with Crippen LogP contribution in [0.4, 0.5) is 17.1 Å². The maximum atomic E-state index is 9.03. The van der Waals surface area contributed by atoms with Gasteiger partial charge in [0.05, 0.1) is 16.8 Å². The van der Waals surface area contributed by atoms with Gasteiger partial charge in [0.25, 0.3) is 0 Å². The molecule has 0 saturated carbocycles. The van der Waals surface area contributed by atoms with E-state index in [0.29, 0.717) is 5.69 Å². The van der Waals surface area contributed by atoms with Gasteiger partial charge in [-0.1, -0.05) is 183 Å². The van der Waals surface area contributed by atoms with Crippen LogP contribution in [0, 0.1) is 13.7 Å². The summed E-state index contributed by atoms with van der Waals surface area (Å²) >= 11 is 0. The van der Waals surface area contributed by atoms with E-state index in [1.807, 2.05) is 78.9 Å². The van der Waals surface area contributed by atoms with Crippen molar-refractivity contribution in [3.63, 3.8) is 0 Å². The molecule has 8 aromatic rings. The van der Waals surface area contributed by atoms with Crippen molar-refractivity contribution in [3.05, 3.63) is 233 Å². The summed E-state index contributed by atoms with van der Waals surface area (Å²) < 4.78 is 52.8. The molecular weight excluding hydrogens is 663 g/mol. The van der Waals surface area contributed by atoms with Crippen LogP contribution in [0.1, 0.15) is 66.6 Å². The van der Waals surface area contributed by atoms with Crippen molar-refractivity contribution in [3.8, 4) is 33.4 Å². The highest BCUT2D eigenvalue weighted by molar-refractivity contribution is 6.02. The van der Waals surface area contributed by atoms with E-state index in [-0.39, 0.29) is 16.5 Å². The molecule has 8 aromatic carbocycles. The summed E-state index contributed by atoms with van der Waals surface area (Å²) in [6.07, 6.45) is 0. The lowest BCUT2D eigenvalue weighted by molar-refractivity contribution is 0.660. The summed E-state index contributed by atoms with van der Waals surface area (Å²) in [7, 11) is 0. The van der Waals surface area contributed by atoms with Gasteiger partial charge < -0.3 is 4.90 Å². The monoisotopic (exact) mass is 711 g/mol. The minimum absolute atomic E-state index is 0.195. The lowest BCUT2D eigenvalue weighted by Gasteiger charge is -2.35. The Bertz CT molecular complexity index is 2910. The summed E-state index contributed by atoms with van der Waals surface area (Å²) in [5.41, 5.74) is 13.4. The van der Waals surface area contributed by atoms with Gasteiger partial charge in [0.2, 0.25) is 0 Å². The molecule has 10 rings (SSSR count). The van der Waals surface area contributed by atoms with Crippen LogP contribution in [0.2, 0.25) is 0 Å². The van der Waals surface area contributed by atoms with Crippen molar-refractivity contribution in [2.45, 2.75) is 38.4 Å². The second-order valence-corrected chi connectivity index (χ2v) is 15.3. The predicted molar refractivity (Wildman–Crippen MR) is 231 cm³/mol. The lowest BCUT2D eigenvalue weighted by Crippen LogP contribution is -2.29. The summed E-state index contributed by atoms with van der Waals surface area (Å²) in [4.78, 5) is 2.24. The summed E-state index contributed by atoms with van der Waals surface area (Å²) in [5, 5.41) is 0. The standard InChI is InChI=1S/C54H43N/c1-36-27-32-44-47(33-36)54(40-19-10-6-11-20-40,41-21-12-7-13-22-41)48-34-37(2)35-50(52(44)48)55(42-30-28-39(29-31-42)38-17-8-5-9-18-38)49-26-16-25-46-51(49)43-23-14-15-24-45(43)53(46,3)4/h5-35H,1-4H3/i1D3,2D3. The number of fused-ring (bicyclic) bond motifs is 6.